The van der Waals surface area contributed by atoms with Crippen LogP contribution < -0.4 is 14.4 Å². The topological polar surface area (TPSA) is 30.9 Å². The van der Waals surface area contributed by atoms with Gasteiger partial charge in [0.15, 0.2) is 0 Å². The van der Waals surface area contributed by atoms with E-state index in [0.29, 0.717) is 0 Å². The lowest BCUT2D eigenvalue weighted by Gasteiger charge is -2.43. The molecule has 0 radical (unpaired) electrons. The average Bonchev–Trinajstić information content (AvgIpc) is 2.69. The Morgan fingerprint density at radius 3 is 2.36 bits per heavy atom. The van der Waals surface area contributed by atoms with E-state index in [9.17, 15) is 0 Å². The molecular formula is C21H27NO3. The second-order valence-electron chi connectivity index (χ2n) is 6.60. The fraction of sp³-hybridized carbons (Fsp3) is 0.429. The van der Waals surface area contributed by atoms with E-state index in [1.165, 1.54) is 11.3 Å². The molecule has 4 nitrogen and oxygen atoms in total. The molecule has 0 N–H and O–H groups in total. The summed E-state index contributed by atoms with van der Waals surface area (Å²) >= 11 is 0. The van der Waals surface area contributed by atoms with E-state index in [4.69, 9.17) is 14.2 Å². The Hall–Kier alpha value is -2.20. The van der Waals surface area contributed by atoms with Crippen molar-refractivity contribution in [2.45, 2.75) is 18.3 Å². The summed E-state index contributed by atoms with van der Waals surface area (Å²) in [6.45, 7) is 2.67. The van der Waals surface area contributed by atoms with Crippen LogP contribution in [0.1, 0.15) is 18.4 Å². The standard InChI is InChI=1S/C21H27NO3/c1-23-16-21(17-7-6-8-18(15-17)24-2)11-13-22(14-12-21)19-9-4-5-10-20(19)25-3/h4-10,15H,11-14,16H2,1-3H3. The molecule has 3 rings (SSSR count). The lowest BCUT2D eigenvalue weighted by molar-refractivity contribution is 0.112. The number of nitrogens with zero attached hydrogens (tertiary/aromatic N) is 1. The Morgan fingerprint density at radius 2 is 1.68 bits per heavy atom. The van der Waals surface area contributed by atoms with E-state index in [-0.39, 0.29) is 5.41 Å². The molecule has 0 bridgehead atoms. The molecule has 2 aromatic carbocycles. The predicted molar refractivity (Wildman–Crippen MR) is 101 cm³/mol. The molecule has 1 fully saturated rings. The summed E-state index contributed by atoms with van der Waals surface area (Å²) in [4.78, 5) is 2.41. The summed E-state index contributed by atoms with van der Waals surface area (Å²) in [6, 6.07) is 16.6. The minimum atomic E-state index is 0.0296. The van der Waals surface area contributed by atoms with Crippen molar-refractivity contribution in [3.63, 3.8) is 0 Å². The molecular weight excluding hydrogens is 314 g/mol. The molecule has 0 aliphatic carbocycles. The molecule has 0 saturated carbocycles. The monoisotopic (exact) mass is 341 g/mol. The zero-order chi connectivity index (χ0) is 17.7. The molecule has 1 aliphatic rings. The van der Waals surface area contributed by atoms with Crippen LogP contribution in [0.3, 0.4) is 0 Å². The maximum Gasteiger partial charge on any atom is 0.142 e. The number of anilines is 1. The van der Waals surface area contributed by atoms with Crippen molar-refractivity contribution in [3.8, 4) is 11.5 Å². The minimum absolute atomic E-state index is 0.0296. The first kappa shape index (κ1) is 17.6. The number of para-hydroxylation sites is 2. The zero-order valence-electron chi connectivity index (χ0n) is 15.3. The van der Waals surface area contributed by atoms with Crippen molar-refractivity contribution < 1.29 is 14.2 Å². The quantitative estimate of drug-likeness (QED) is 0.798. The molecule has 2 aromatic rings. The van der Waals surface area contributed by atoms with Crippen molar-refractivity contribution in [3.05, 3.63) is 54.1 Å². The number of hydrogen-bond donors (Lipinski definition) is 0. The molecule has 25 heavy (non-hydrogen) atoms. The van der Waals surface area contributed by atoms with E-state index in [1.54, 1.807) is 21.3 Å². The molecule has 0 aromatic heterocycles. The van der Waals surface area contributed by atoms with Gasteiger partial charge in [-0.1, -0.05) is 24.3 Å². The first-order chi connectivity index (χ1) is 12.2. The van der Waals surface area contributed by atoms with Gasteiger partial charge in [0.25, 0.3) is 0 Å². The third-order valence-electron chi connectivity index (χ3n) is 5.25. The van der Waals surface area contributed by atoms with E-state index >= 15 is 0 Å². The largest absolute Gasteiger partial charge is 0.497 e. The highest BCUT2D eigenvalue weighted by atomic mass is 16.5. The number of rotatable bonds is 6. The average molecular weight is 341 g/mol. The number of ether oxygens (including phenoxy) is 3. The van der Waals surface area contributed by atoms with Gasteiger partial charge in [-0.2, -0.15) is 0 Å². The van der Waals surface area contributed by atoms with Gasteiger partial charge in [-0.15, -0.1) is 0 Å². The predicted octanol–water partition coefficient (Wildman–Crippen LogP) is 3.89. The Morgan fingerprint density at radius 1 is 0.920 bits per heavy atom. The van der Waals surface area contributed by atoms with Crippen LogP contribution in [0.4, 0.5) is 5.69 Å². The first-order valence-electron chi connectivity index (χ1n) is 8.74. The van der Waals surface area contributed by atoms with Gasteiger partial charge in [-0.25, -0.2) is 0 Å². The summed E-state index contributed by atoms with van der Waals surface area (Å²) in [5, 5.41) is 0. The number of benzene rings is 2. The highest BCUT2D eigenvalue weighted by Crippen LogP contribution is 2.40. The minimum Gasteiger partial charge on any atom is -0.497 e. The van der Waals surface area contributed by atoms with Gasteiger partial charge < -0.3 is 19.1 Å². The Balaban J connectivity index is 1.83. The zero-order valence-corrected chi connectivity index (χ0v) is 15.3. The number of piperidine rings is 1. The van der Waals surface area contributed by atoms with Crippen LogP contribution in [0.5, 0.6) is 11.5 Å². The van der Waals surface area contributed by atoms with Crippen molar-refractivity contribution in [1.82, 2.24) is 0 Å². The van der Waals surface area contributed by atoms with Crippen LogP contribution in [0.2, 0.25) is 0 Å². The molecule has 1 saturated heterocycles. The Labute approximate surface area is 150 Å². The highest BCUT2D eigenvalue weighted by Gasteiger charge is 2.37. The van der Waals surface area contributed by atoms with E-state index < -0.39 is 0 Å². The fourth-order valence-corrected chi connectivity index (χ4v) is 3.81. The second-order valence-corrected chi connectivity index (χ2v) is 6.60. The maximum absolute atomic E-state index is 5.61. The molecule has 1 aliphatic heterocycles. The van der Waals surface area contributed by atoms with Gasteiger partial charge in [0, 0.05) is 25.6 Å². The molecule has 4 heteroatoms. The molecule has 0 amide bonds. The Bertz CT molecular complexity index is 693. The van der Waals surface area contributed by atoms with E-state index in [1.807, 2.05) is 18.2 Å². The molecule has 134 valence electrons. The van der Waals surface area contributed by atoms with E-state index in [2.05, 4.69) is 35.2 Å². The van der Waals surface area contributed by atoms with Gasteiger partial charge in [0.05, 0.1) is 26.5 Å². The van der Waals surface area contributed by atoms with Gasteiger partial charge in [-0.05, 0) is 42.7 Å². The highest BCUT2D eigenvalue weighted by molar-refractivity contribution is 5.59. The van der Waals surface area contributed by atoms with Gasteiger partial charge in [-0.3, -0.25) is 0 Å². The summed E-state index contributed by atoms with van der Waals surface area (Å²) in [7, 11) is 5.23. The van der Waals surface area contributed by atoms with Crippen LogP contribution in [0.15, 0.2) is 48.5 Å². The maximum atomic E-state index is 5.61. The van der Waals surface area contributed by atoms with Crippen molar-refractivity contribution >= 4 is 5.69 Å². The SMILES string of the molecule is COCC1(c2cccc(OC)c2)CCN(c2ccccc2OC)CC1. The van der Waals surface area contributed by atoms with E-state index in [0.717, 1.165) is 44.0 Å². The number of methoxy groups -OCH3 is 3. The van der Waals surface area contributed by atoms with Gasteiger partial charge in [0.2, 0.25) is 0 Å². The van der Waals surface area contributed by atoms with Crippen LogP contribution in [-0.2, 0) is 10.2 Å². The lowest BCUT2D eigenvalue weighted by atomic mass is 9.73. The van der Waals surface area contributed by atoms with Crippen LogP contribution in [-0.4, -0.2) is 41.0 Å². The van der Waals surface area contributed by atoms with Crippen LogP contribution in [0.25, 0.3) is 0 Å². The third kappa shape index (κ3) is 3.59. The van der Waals surface area contributed by atoms with Crippen molar-refractivity contribution in [2.75, 3.05) is 45.9 Å². The lowest BCUT2D eigenvalue weighted by Crippen LogP contribution is -2.45. The summed E-state index contributed by atoms with van der Waals surface area (Å²) in [5.41, 5.74) is 2.50. The third-order valence-corrected chi connectivity index (χ3v) is 5.25. The van der Waals surface area contributed by atoms with Crippen molar-refractivity contribution in [1.29, 1.82) is 0 Å². The number of hydrogen-bond acceptors (Lipinski definition) is 4. The Kier molecular flexibility index (Phi) is 5.49. The van der Waals surface area contributed by atoms with Gasteiger partial charge in [0.1, 0.15) is 11.5 Å². The molecule has 0 spiro atoms. The first-order valence-corrected chi connectivity index (χ1v) is 8.74. The smallest absolute Gasteiger partial charge is 0.142 e. The molecule has 0 unspecified atom stereocenters. The van der Waals surface area contributed by atoms with Crippen molar-refractivity contribution in [2.24, 2.45) is 0 Å². The molecule has 0 atom stereocenters. The summed E-state index contributed by atoms with van der Waals surface area (Å²) in [6.07, 6.45) is 2.07. The molecule has 1 heterocycles. The second kappa shape index (κ2) is 7.79. The van der Waals surface area contributed by atoms with Gasteiger partial charge >= 0.3 is 0 Å². The summed E-state index contributed by atoms with van der Waals surface area (Å²) < 4.78 is 16.6. The van der Waals surface area contributed by atoms with Crippen LogP contribution >= 0.6 is 0 Å². The normalized spacial score (nSPS) is 16.5. The van der Waals surface area contributed by atoms with Crippen LogP contribution in [0, 0.1) is 0 Å². The fourth-order valence-electron chi connectivity index (χ4n) is 3.81. The summed E-state index contributed by atoms with van der Waals surface area (Å²) in [5.74, 6) is 1.84.